The van der Waals surface area contributed by atoms with E-state index in [0.717, 1.165) is 13.8 Å². The Hall–Kier alpha value is -2.52. The minimum absolute atomic E-state index is 0.387. The number of rotatable bonds is 7. The van der Waals surface area contributed by atoms with Gasteiger partial charge in [-0.1, -0.05) is 5.11 Å². The van der Waals surface area contributed by atoms with E-state index in [9.17, 15) is 25.0 Å². The molecule has 0 saturated carbocycles. The highest BCUT2D eigenvalue weighted by Crippen LogP contribution is 2.40. The van der Waals surface area contributed by atoms with Gasteiger partial charge in [-0.3, -0.25) is 14.4 Å². The van der Waals surface area contributed by atoms with Crippen LogP contribution < -0.4 is 0 Å². The van der Waals surface area contributed by atoms with E-state index in [-0.39, 0.29) is 6.61 Å². The molecule has 36 heavy (non-hydrogen) atoms. The van der Waals surface area contributed by atoms with Crippen molar-refractivity contribution in [2.75, 3.05) is 6.61 Å². The van der Waals surface area contributed by atoms with E-state index < -0.39 is 85.0 Å². The fourth-order valence-electron chi connectivity index (χ4n) is 4.46. The first-order chi connectivity index (χ1) is 16.8. The van der Waals surface area contributed by atoms with E-state index in [0.29, 0.717) is 0 Å². The lowest BCUT2D eigenvalue weighted by Crippen LogP contribution is -2.64. The maximum Gasteiger partial charge on any atom is 0.303 e. The maximum absolute atomic E-state index is 11.9. The number of esters is 3. The monoisotopic (exact) mass is 517 g/mol. The van der Waals surface area contributed by atoms with Crippen LogP contribution in [-0.4, -0.2) is 96.8 Å². The van der Waals surface area contributed by atoms with Crippen LogP contribution in [0.1, 0.15) is 41.5 Å². The largest absolute Gasteiger partial charge is 0.463 e. The van der Waals surface area contributed by atoms with E-state index >= 15 is 0 Å². The van der Waals surface area contributed by atoms with Gasteiger partial charge in [0, 0.05) is 25.7 Å². The number of hydrogen-bond donors (Lipinski definition) is 1. The van der Waals surface area contributed by atoms with E-state index in [4.69, 9.17) is 37.9 Å². The molecule has 0 aromatic heterocycles. The zero-order chi connectivity index (χ0) is 26.8. The van der Waals surface area contributed by atoms with Crippen molar-refractivity contribution in [1.82, 2.24) is 0 Å². The summed E-state index contributed by atoms with van der Waals surface area (Å²) in [6.07, 6.45) is -9.81. The summed E-state index contributed by atoms with van der Waals surface area (Å²) in [5.41, 5.74) is 9.24. The molecule has 3 aliphatic rings. The minimum Gasteiger partial charge on any atom is -0.463 e. The lowest BCUT2D eigenvalue weighted by Gasteiger charge is -2.46. The van der Waals surface area contributed by atoms with Gasteiger partial charge in [-0.05, 0) is 26.3 Å². The quantitative estimate of drug-likeness (QED) is 0.161. The predicted molar refractivity (Wildman–Crippen MR) is 115 cm³/mol. The Kier molecular flexibility index (Phi) is 8.77. The minimum atomic E-state index is -1.39. The highest BCUT2D eigenvalue weighted by molar-refractivity contribution is 5.68. The smallest absolute Gasteiger partial charge is 0.303 e. The Morgan fingerprint density at radius 1 is 0.972 bits per heavy atom. The standard InChI is InChI=1S/C21H31N3O12/c1-8-14(17-18(19(28)30-8)36-21(5,6)35-17)34-20-13(23-24-22)16(32-11(4)27)15(31-10(3)26)12(33-20)7-29-9(2)25/h8,12-20,28H,7H2,1-6H3/t8-,12+,13-,14-,15+,16+,17+,18+,19?,20?/m0/s1. The number of nitrogens with zero attached hydrogens (tertiary/aromatic N) is 3. The molecule has 3 fully saturated rings. The molecule has 3 heterocycles. The number of azide groups is 1. The maximum atomic E-state index is 11.9. The lowest BCUT2D eigenvalue weighted by molar-refractivity contribution is -0.323. The predicted octanol–water partition coefficient (Wildman–Crippen LogP) is 0.459. The van der Waals surface area contributed by atoms with Crippen LogP contribution in [0.2, 0.25) is 0 Å². The second-order valence-electron chi connectivity index (χ2n) is 9.09. The molecule has 0 aromatic rings. The van der Waals surface area contributed by atoms with Gasteiger partial charge in [0.1, 0.15) is 37.1 Å². The summed E-state index contributed by atoms with van der Waals surface area (Å²) in [6, 6.07) is -1.33. The Labute approximate surface area is 206 Å². The van der Waals surface area contributed by atoms with Crippen molar-refractivity contribution in [2.45, 2.75) is 109 Å². The zero-order valence-corrected chi connectivity index (χ0v) is 20.8. The van der Waals surface area contributed by atoms with Crippen molar-refractivity contribution in [3.8, 4) is 0 Å². The third-order valence-corrected chi connectivity index (χ3v) is 5.73. The number of carbonyl (C=O) groups excluding carboxylic acids is 3. The second-order valence-corrected chi connectivity index (χ2v) is 9.09. The molecule has 0 amide bonds. The first-order valence-corrected chi connectivity index (χ1v) is 11.3. The van der Waals surface area contributed by atoms with Gasteiger partial charge in [-0.25, -0.2) is 0 Å². The van der Waals surface area contributed by atoms with E-state index in [1.165, 1.54) is 6.92 Å². The van der Waals surface area contributed by atoms with E-state index in [2.05, 4.69) is 10.0 Å². The molecule has 3 rings (SSSR count). The van der Waals surface area contributed by atoms with Crippen molar-refractivity contribution >= 4 is 17.9 Å². The average molecular weight is 517 g/mol. The average Bonchev–Trinajstić information content (AvgIpc) is 3.08. The van der Waals surface area contributed by atoms with Crippen LogP contribution in [0.4, 0.5) is 0 Å². The van der Waals surface area contributed by atoms with Crippen LogP contribution in [-0.2, 0) is 52.3 Å². The summed E-state index contributed by atoms with van der Waals surface area (Å²) in [4.78, 5) is 38.0. The van der Waals surface area contributed by atoms with Crippen LogP contribution in [0.25, 0.3) is 10.4 Å². The molecule has 2 unspecified atom stereocenters. The SMILES string of the molecule is CC(=O)OC[C@H]1OC(O[C@@H]2[C@H]3OC(C)(C)O[C@H]3C(O)O[C@H]2C)[C@@H](N=[N+]=[N-])[C@@H](OC(C)=O)[C@@H]1OC(C)=O. The zero-order valence-electron chi connectivity index (χ0n) is 20.8. The summed E-state index contributed by atoms with van der Waals surface area (Å²) < 4.78 is 45.1. The Morgan fingerprint density at radius 2 is 1.58 bits per heavy atom. The van der Waals surface area contributed by atoms with Crippen LogP contribution >= 0.6 is 0 Å². The third kappa shape index (κ3) is 6.42. The fraction of sp³-hybridized carbons (Fsp3) is 0.857. The molecule has 0 radical (unpaired) electrons. The first kappa shape index (κ1) is 28.1. The number of hydrogen-bond acceptors (Lipinski definition) is 13. The van der Waals surface area contributed by atoms with Gasteiger partial charge < -0.3 is 43.0 Å². The topological polar surface area (TPSA) is 194 Å². The summed E-state index contributed by atoms with van der Waals surface area (Å²) in [5.74, 6) is -3.18. The van der Waals surface area contributed by atoms with Gasteiger partial charge in [0.15, 0.2) is 30.6 Å². The molecule has 10 atom stereocenters. The van der Waals surface area contributed by atoms with Gasteiger partial charge in [0.05, 0.1) is 6.10 Å². The molecule has 0 bridgehead atoms. The molecular formula is C21H31N3O12. The number of fused-ring (bicyclic) bond motifs is 1. The number of aliphatic hydroxyl groups is 1. The van der Waals surface area contributed by atoms with Crippen molar-refractivity contribution in [3.05, 3.63) is 10.4 Å². The number of carbonyl (C=O) groups is 3. The number of ether oxygens (including phenoxy) is 8. The molecular weight excluding hydrogens is 486 g/mol. The molecule has 0 aromatic carbocycles. The summed E-state index contributed by atoms with van der Waals surface area (Å²) in [5, 5.41) is 14.0. The first-order valence-electron chi connectivity index (χ1n) is 11.3. The van der Waals surface area contributed by atoms with Gasteiger partial charge in [0.25, 0.3) is 0 Å². The second kappa shape index (κ2) is 11.3. The van der Waals surface area contributed by atoms with Gasteiger partial charge in [-0.15, -0.1) is 0 Å². The number of aliphatic hydroxyl groups excluding tert-OH is 1. The molecule has 0 aliphatic carbocycles. The van der Waals surface area contributed by atoms with Gasteiger partial charge in [-0.2, -0.15) is 0 Å². The molecule has 3 aliphatic heterocycles. The van der Waals surface area contributed by atoms with Crippen molar-refractivity contribution in [1.29, 1.82) is 0 Å². The Bertz CT molecular complexity index is 893. The normalized spacial score (nSPS) is 39.3. The highest BCUT2D eigenvalue weighted by Gasteiger charge is 2.57. The Balaban J connectivity index is 1.96. The summed E-state index contributed by atoms with van der Waals surface area (Å²) in [7, 11) is 0. The molecule has 15 heteroatoms. The Morgan fingerprint density at radius 3 is 2.17 bits per heavy atom. The van der Waals surface area contributed by atoms with E-state index in [1.54, 1.807) is 20.8 Å². The lowest BCUT2D eigenvalue weighted by atomic mass is 9.95. The highest BCUT2D eigenvalue weighted by atomic mass is 16.8. The van der Waals surface area contributed by atoms with Gasteiger partial charge in [0.2, 0.25) is 0 Å². The fourth-order valence-corrected chi connectivity index (χ4v) is 4.46. The summed E-state index contributed by atoms with van der Waals surface area (Å²) in [6.45, 7) is 8.00. The molecule has 15 nitrogen and oxygen atoms in total. The van der Waals surface area contributed by atoms with Crippen molar-refractivity contribution < 1.29 is 57.4 Å². The van der Waals surface area contributed by atoms with Crippen LogP contribution in [0.3, 0.4) is 0 Å². The van der Waals surface area contributed by atoms with Gasteiger partial charge >= 0.3 is 17.9 Å². The molecule has 3 saturated heterocycles. The van der Waals surface area contributed by atoms with E-state index in [1.807, 2.05) is 0 Å². The molecule has 1 N–H and O–H groups in total. The molecule has 0 spiro atoms. The summed E-state index contributed by atoms with van der Waals surface area (Å²) >= 11 is 0. The van der Waals surface area contributed by atoms with Crippen molar-refractivity contribution in [3.63, 3.8) is 0 Å². The van der Waals surface area contributed by atoms with Crippen LogP contribution in [0.5, 0.6) is 0 Å². The van der Waals surface area contributed by atoms with Crippen molar-refractivity contribution in [2.24, 2.45) is 5.11 Å². The van der Waals surface area contributed by atoms with Crippen LogP contribution in [0, 0.1) is 0 Å². The third-order valence-electron chi connectivity index (χ3n) is 5.73. The van der Waals surface area contributed by atoms with Crippen LogP contribution in [0.15, 0.2) is 5.11 Å². The molecule has 202 valence electrons.